The minimum absolute atomic E-state index is 0.0310. The highest BCUT2D eigenvalue weighted by Gasteiger charge is 2.17. The van der Waals surface area contributed by atoms with Crippen LogP contribution in [0.5, 0.6) is 0 Å². The van der Waals surface area contributed by atoms with E-state index >= 15 is 0 Å². The minimum Gasteiger partial charge on any atom is -0.356 e. The molecule has 4 rings (SSSR count). The predicted octanol–water partition coefficient (Wildman–Crippen LogP) is 4.12. The van der Waals surface area contributed by atoms with Crippen LogP contribution in [0.25, 0.3) is 11.5 Å². The Bertz CT molecular complexity index is 1090. The van der Waals surface area contributed by atoms with Crippen molar-refractivity contribution in [2.24, 2.45) is 0 Å². The fourth-order valence-electron chi connectivity index (χ4n) is 3.33. The molecule has 31 heavy (non-hydrogen) atoms. The van der Waals surface area contributed by atoms with Gasteiger partial charge in [-0.05, 0) is 42.0 Å². The van der Waals surface area contributed by atoms with Crippen LogP contribution in [0.2, 0.25) is 5.02 Å². The van der Waals surface area contributed by atoms with Crippen LogP contribution in [0.15, 0.2) is 77.7 Å². The summed E-state index contributed by atoms with van der Waals surface area (Å²) in [5.74, 6) is 0.902. The molecule has 0 aliphatic heterocycles. The van der Waals surface area contributed by atoms with Crippen molar-refractivity contribution in [3.63, 3.8) is 0 Å². The number of pyridine rings is 1. The third kappa shape index (κ3) is 5.79. The maximum Gasteiger partial charge on any atom is 0.228 e. The summed E-state index contributed by atoms with van der Waals surface area (Å²) in [4.78, 5) is 21.2. The van der Waals surface area contributed by atoms with Gasteiger partial charge in [0.15, 0.2) is 0 Å². The first kappa shape index (κ1) is 20.8. The summed E-state index contributed by atoms with van der Waals surface area (Å²) in [6.07, 6.45) is 6.49. The Morgan fingerprint density at radius 1 is 1.10 bits per heavy atom. The zero-order chi connectivity index (χ0) is 21.5. The van der Waals surface area contributed by atoms with Crippen LogP contribution in [0.4, 0.5) is 0 Å². The average molecular weight is 436 g/mol. The number of hydrogen-bond acceptors (Lipinski definition) is 5. The third-order valence-corrected chi connectivity index (χ3v) is 5.15. The van der Waals surface area contributed by atoms with E-state index < -0.39 is 0 Å². The van der Waals surface area contributed by atoms with Gasteiger partial charge in [0.1, 0.15) is 5.69 Å². The molecule has 158 valence electrons. The molecule has 1 aromatic carbocycles. The molecule has 4 aromatic rings. The number of benzene rings is 1. The molecule has 0 radical (unpaired) electrons. The van der Waals surface area contributed by atoms with Gasteiger partial charge >= 0.3 is 0 Å². The number of hydrogen-bond donors (Lipinski definition) is 1. The summed E-state index contributed by atoms with van der Waals surface area (Å²) in [6.45, 7) is 1.12. The maximum absolute atomic E-state index is 12.6. The van der Waals surface area contributed by atoms with Crippen molar-refractivity contribution in [3.8, 4) is 11.5 Å². The maximum atomic E-state index is 12.6. The Kier molecular flexibility index (Phi) is 6.74. The summed E-state index contributed by atoms with van der Waals surface area (Å²) >= 11 is 6.02. The highest BCUT2D eigenvalue weighted by Crippen LogP contribution is 2.24. The smallest absolute Gasteiger partial charge is 0.228 e. The Morgan fingerprint density at radius 3 is 2.65 bits per heavy atom. The first-order chi connectivity index (χ1) is 15.2. The normalized spacial score (nSPS) is 11.9. The average Bonchev–Trinajstić information content (AvgIpc) is 3.47. The van der Waals surface area contributed by atoms with Gasteiger partial charge in [0.2, 0.25) is 17.6 Å². The number of nitrogens with one attached hydrogen (secondary N) is 1. The Morgan fingerprint density at radius 2 is 1.90 bits per heavy atom. The first-order valence-corrected chi connectivity index (χ1v) is 10.4. The van der Waals surface area contributed by atoms with Gasteiger partial charge in [-0.3, -0.25) is 9.78 Å². The molecule has 0 spiro atoms. The lowest BCUT2D eigenvalue weighted by Gasteiger charge is -2.18. The van der Waals surface area contributed by atoms with Crippen molar-refractivity contribution in [1.29, 1.82) is 0 Å². The number of amides is 1. The topological polar surface area (TPSA) is 85.8 Å². The van der Waals surface area contributed by atoms with Gasteiger partial charge < -0.3 is 14.4 Å². The zero-order valence-electron chi connectivity index (χ0n) is 16.8. The minimum atomic E-state index is -0.0310. The second-order valence-corrected chi connectivity index (χ2v) is 7.60. The summed E-state index contributed by atoms with van der Waals surface area (Å²) in [6, 6.07) is 17.1. The number of carbonyl (C=O) groups excluding carboxylic acids is 1. The van der Waals surface area contributed by atoms with Gasteiger partial charge in [0, 0.05) is 55.5 Å². The van der Waals surface area contributed by atoms with Gasteiger partial charge in [-0.1, -0.05) is 35.0 Å². The standard InChI is InChI=1S/C23H22ClN5O2/c24-19-8-6-17(7-9-19)18(16-29-13-3-4-14-29)15-21(30)26-12-10-22-27-23(28-31-22)20-5-1-2-11-25-20/h1-9,11,13-14,18H,10,12,15-16H2,(H,26,30)/t18-/m0/s1. The van der Waals surface area contributed by atoms with Crippen LogP contribution in [0.1, 0.15) is 23.8 Å². The summed E-state index contributed by atoms with van der Waals surface area (Å²) in [7, 11) is 0. The second kappa shape index (κ2) is 10.0. The lowest BCUT2D eigenvalue weighted by molar-refractivity contribution is -0.121. The van der Waals surface area contributed by atoms with Gasteiger partial charge in [-0.2, -0.15) is 4.98 Å². The third-order valence-electron chi connectivity index (χ3n) is 4.89. The quantitative estimate of drug-likeness (QED) is 0.427. The van der Waals surface area contributed by atoms with E-state index in [1.54, 1.807) is 6.20 Å². The molecular weight excluding hydrogens is 414 g/mol. The molecule has 0 fully saturated rings. The molecule has 1 amide bonds. The molecule has 0 saturated heterocycles. The molecule has 1 N–H and O–H groups in total. The fraction of sp³-hybridized carbons (Fsp3) is 0.217. The van der Waals surface area contributed by atoms with Crippen LogP contribution < -0.4 is 5.32 Å². The van der Waals surface area contributed by atoms with E-state index in [1.165, 1.54) is 0 Å². The van der Waals surface area contributed by atoms with Crippen LogP contribution in [0, 0.1) is 0 Å². The van der Waals surface area contributed by atoms with Crippen LogP contribution >= 0.6 is 11.6 Å². The molecule has 0 unspecified atom stereocenters. The fourth-order valence-corrected chi connectivity index (χ4v) is 3.46. The van der Waals surface area contributed by atoms with Gasteiger partial charge in [-0.25, -0.2) is 0 Å². The number of rotatable bonds is 9. The predicted molar refractivity (Wildman–Crippen MR) is 117 cm³/mol. The molecule has 0 aliphatic rings. The van der Waals surface area contributed by atoms with Gasteiger partial charge in [0.25, 0.3) is 0 Å². The molecule has 1 atom stereocenters. The number of halogens is 1. The van der Waals surface area contributed by atoms with Crippen LogP contribution in [0.3, 0.4) is 0 Å². The van der Waals surface area contributed by atoms with Crippen LogP contribution in [-0.4, -0.2) is 32.1 Å². The van der Waals surface area contributed by atoms with E-state index in [0.29, 0.717) is 48.4 Å². The lowest BCUT2D eigenvalue weighted by atomic mass is 9.95. The van der Waals surface area contributed by atoms with Gasteiger partial charge in [0.05, 0.1) is 0 Å². The molecule has 0 aliphatic carbocycles. The summed E-state index contributed by atoms with van der Waals surface area (Å²) in [5, 5.41) is 7.58. The summed E-state index contributed by atoms with van der Waals surface area (Å²) < 4.78 is 7.34. The molecule has 8 heteroatoms. The molecule has 0 bridgehead atoms. The number of carbonyl (C=O) groups is 1. The molecule has 7 nitrogen and oxygen atoms in total. The molecule has 3 heterocycles. The van der Waals surface area contributed by atoms with Crippen molar-refractivity contribution >= 4 is 17.5 Å². The Labute approximate surface area is 185 Å². The molecule has 3 aromatic heterocycles. The molecule has 0 saturated carbocycles. The van der Waals surface area contributed by atoms with E-state index in [2.05, 4.69) is 25.0 Å². The van der Waals surface area contributed by atoms with Crippen LogP contribution in [-0.2, 0) is 17.8 Å². The first-order valence-electron chi connectivity index (χ1n) is 10.0. The van der Waals surface area contributed by atoms with Crippen molar-refractivity contribution in [3.05, 3.63) is 89.7 Å². The van der Waals surface area contributed by atoms with E-state index in [0.717, 1.165) is 5.56 Å². The van der Waals surface area contributed by atoms with E-state index in [-0.39, 0.29) is 11.8 Å². The second-order valence-electron chi connectivity index (χ2n) is 7.16. The SMILES string of the molecule is O=C(C[C@@H](Cn1cccc1)c1ccc(Cl)cc1)NCCc1nc(-c2ccccn2)no1. The van der Waals surface area contributed by atoms with E-state index in [9.17, 15) is 4.79 Å². The summed E-state index contributed by atoms with van der Waals surface area (Å²) in [5.41, 5.74) is 1.72. The van der Waals surface area contributed by atoms with Crippen molar-refractivity contribution < 1.29 is 9.32 Å². The van der Waals surface area contributed by atoms with E-state index in [4.69, 9.17) is 16.1 Å². The Hall–Kier alpha value is -3.45. The number of aromatic nitrogens is 4. The van der Waals surface area contributed by atoms with E-state index in [1.807, 2.05) is 67.0 Å². The number of nitrogens with zero attached hydrogens (tertiary/aromatic N) is 4. The Balaban J connectivity index is 1.32. The highest BCUT2D eigenvalue weighted by molar-refractivity contribution is 6.30. The van der Waals surface area contributed by atoms with Gasteiger partial charge in [-0.15, -0.1) is 0 Å². The van der Waals surface area contributed by atoms with Crippen molar-refractivity contribution in [1.82, 2.24) is 25.0 Å². The largest absolute Gasteiger partial charge is 0.356 e. The highest BCUT2D eigenvalue weighted by atomic mass is 35.5. The van der Waals surface area contributed by atoms with Crippen molar-refractivity contribution in [2.45, 2.75) is 25.3 Å². The van der Waals surface area contributed by atoms with Crippen molar-refractivity contribution in [2.75, 3.05) is 6.54 Å². The molecular formula is C23H22ClN5O2. The zero-order valence-corrected chi connectivity index (χ0v) is 17.6. The lowest BCUT2D eigenvalue weighted by Crippen LogP contribution is -2.28. The monoisotopic (exact) mass is 435 g/mol.